The average molecular weight is 410 g/mol. The van der Waals surface area contributed by atoms with Crippen molar-refractivity contribution >= 4 is 12.4 Å². The summed E-state index contributed by atoms with van der Waals surface area (Å²) in [7, 11) is 2.19. The predicted molar refractivity (Wildman–Crippen MR) is 120 cm³/mol. The number of hydrogen-bond acceptors (Lipinski definition) is 3. The smallest absolute Gasteiger partial charge is 0.120 e. The third kappa shape index (κ3) is 5.75. The summed E-state index contributed by atoms with van der Waals surface area (Å²) in [5.41, 5.74) is 2.52. The van der Waals surface area contributed by atoms with E-state index in [1.165, 1.54) is 11.1 Å². The first kappa shape index (κ1) is 21.2. The summed E-state index contributed by atoms with van der Waals surface area (Å²) in [6.45, 7) is 2.66. The molecule has 0 amide bonds. The van der Waals surface area contributed by atoms with Crippen LogP contribution in [0.2, 0.25) is 0 Å². The fraction of sp³-hybridized carbons (Fsp3) is 0.280. The maximum Gasteiger partial charge on any atom is 0.120 e. The largest absolute Gasteiger partial charge is 0.490 e. The lowest BCUT2D eigenvalue weighted by molar-refractivity contribution is 0.0901. The molecule has 4 heteroatoms. The molecule has 0 radical (unpaired) electrons. The second-order valence-corrected chi connectivity index (χ2v) is 7.47. The Kier molecular flexibility index (Phi) is 7.56. The van der Waals surface area contributed by atoms with Crippen LogP contribution in [-0.2, 0) is 6.61 Å². The summed E-state index contributed by atoms with van der Waals surface area (Å²) >= 11 is 0. The van der Waals surface area contributed by atoms with Crippen molar-refractivity contribution < 1.29 is 9.47 Å². The van der Waals surface area contributed by atoms with E-state index in [0.29, 0.717) is 12.5 Å². The SMILES string of the molecule is CN1CCC(Oc2ccc(OCc3ccccc3)cc2)C(c2ccccc2)C1.Cl. The molecule has 3 aromatic rings. The monoisotopic (exact) mass is 409 g/mol. The molecule has 0 bridgehead atoms. The van der Waals surface area contributed by atoms with Crippen molar-refractivity contribution in [1.82, 2.24) is 4.90 Å². The number of piperidine rings is 1. The van der Waals surface area contributed by atoms with Gasteiger partial charge in [0.2, 0.25) is 0 Å². The lowest BCUT2D eigenvalue weighted by Gasteiger charge is -2.37. The van der Waals surface area contributed by atoms with E-state index in [2.05, 4.69) is 54.4 Å². The van der Waals surface area contributed by atoms with Crippen LogP contribution in [0.15, 0.2) is 84.9 Å². The Hall–Kier alpha value is -2.49. The maximum absolute atomic E-state index is 6.41. The standard InChI is InChI=1S/C25H27NO2.ClH/c1-26-17-16-25(24(18-26)21-10-6-3-7-11-21)28-23-14-12-22(13-15-23)27-19-20-8-4-2-5-9-20;/h2-15,24-25H,16-19H2,1H3;1H. The second kappa shape index (κ2) is 10.3. The van der Waals surface area contributed by atoms with Crippen LogP contribution in [0.3, 0.4) is 0 Å². The van der Waals surface area contributed by atoms with Gasteiger partial charge in [0.15, 0.2) is 0 Å². The highest BCUT2D eigenvalue weighted by molar-refractivity contribution is 5.85. The molecule has 0 aliphatic carbocycles. The molecule has 0 spiro atoms. The Morgan fingerprint density at radius 1 is 0.828 bits per heavy atom. The van der Waals surface area contributed by atoms with E-state index in [-0.39, 0.29) is 18.5 Å². The Morgan fingerprint density at radius 2 is 1.45 bits per heavy atom. The number of ether oxygens (including phenoxy) is 2. The molecule has 29 heavy (non-hydrogen) atoms. The fourth-order valence-electron chi connectivity index (χ4n) is 3.78. The third-order valence-electron chi connectivity index (χ3n) is 5.34. The summed E-state index contributed by atoms with van der Waals surface area (Å²) in [5, 5.41) is 0. The highest BCUT2D eigenvalue weighted by Crippen LogP contribution is 2.31. The van der Waals surface area contributed by atoms with Crippen LogP contribution >= 0.6 is 12.4 Å². The number of benzene rings is 3. The van der Waals surface area contributed by atoms with Crippen molar-refractivity contribution in [3.05, 3.63) is 96.1 Å². The van der Waals surface area contributed by atoms with Crippen molar-refractivity contribution in [1.29, 1.82) is 0 Å². The van der Waals surface area contributed by atoms with Crippen LogP contribution in [-0.4, -0.2) is 31.1 Å². The lowest BCUT2D eigenvalue weighted by Crippen LogP contribution is -2.42. The van der Waals surface area contributed by atoms with Gasteiger partial charge in [0.1, 0.15) is 24.2 Å². The van der Waals surface area contributed by atoms with Crippen LogP contribution in [0.5, 0.6) is 11.5 Å². The average Bonchev–Trinajstić information content (AvgIpc) is 2.76. The second-order valence-electron chi connectivity index (χ2n) is 7.47. The molecule has 1 aliphatic heterocycles. The maximum atomic E-state index is 6.41. The van der Waals surface area contributed by atoms with Crippen LogP contribution < -0.4 is 9.47 Å². The summed E-state index contributed by atoms with van der Waals surface area (Å²) in [6, 6.07) is 28.9. The highest BCUT2D eigenvalue weighted by atomic mass is 35.5. The van der Waals surface area contributed by atoms with Crippen molar-refractivity contribution in [2.24, 2.45) is 0 Å². The van der Waals surface area contributed by atoms with E-state index in [1.54, 1.807) is 0 Å². The van der Waals surface area contributed by atoms with Gasteiger partial charge >= 0.3 is 0 Å². The summed E-state index contributed by atoms with van der Waals surface area (Å²) < 4.78 is 12.3. The van der Waals surface area contributed by atoms with E-state index >= 15 is 0 Å². The Balaban J connectivity index is 0.00000240. The van der Waals surface area contributed by atoms with Gasteiger partial charge in [-0.2, -0.15) is 0 Å². The molecule has 1 aliphatic rings. The summed E-state index contributed by atoms with van der Waals surface area (Å²) in [5.74, 6) is 2.15. The van der Waals surface area contributed by atoms with Crippen LogP contribution in [0.4, 0.5) is 0 Å². The van der Waals surface area contributed by atoms with Crippen molar-refractivity contribution in [2.75, 3.05) is 20.1 Å². The van der Waals surface area contributed by atoms with Crippen LogP contribution in [0, 0.1) is 0 Å². The zero-order chi connectivity index (χ0) is 19.2. The highest BCUT2D eigenvalue weighted by Gasteiger charge is 2.30. The predicted octanol–water partition coefficient (Wildman–Crippen LogP) is 5.55. The Labute approximate surface area is 179 Å². The van der Waals surface area contributed by atoms with E-state index in [4.69, 9.17) is 9.47 Å². The molecule has 1 saturated heterocycles. The molecule has 1 heterocycles. The molecule has 0 saturated carbocycles. The number of nitrogens with zero attached hydrogens (tertiary/aromatic N) is 1. The van der Waals surface area contributed by atoms with E-state index in [1.807, 2.05) is 42.5 Å². The molecule has 1 fully saturated rings. The van der Waals surface area contributed by atoms with Crippen molar-refractivity contribution in [3.63, 3.8) is 0 Å². The Bertz CT molecular complexity index is 855. The van der Waals surface area contributed by atoms with Crippen molar-refractivity contribution in [3.8, 4) is 11.5 Å². The van der Waals surface area contributed by atoms with Gasteiger partial charge < -0.3 is 14.4 Å². The van der Waals surface area contributed by atoms with Gasteiger partial charge in [-0.15, -0.1) is 12.4 Å². The molecule has 2 unspecified atom stereocenters. The minimum atomic E-state index is 0. The molecule has 4 rings (SSSR count). The van der Waals surface area contributed by atoms with E-state index < -0.39 is 0 Å². The molecule has 3 aromatic carbocycles. The van der Waals surface area contributed by atoms with Gasteiger partial charge in [0.25, 0.3) is 0 Å². The number of halogens is 1. The lowest BCUT2D eigenvalue weighted by atomic mass is 9.88. The molecule has 3 nitrogen and oxygen atoms in total. The van der Waals surface area contributed by atoms with E-state index in [9.17, 15) is 0 Å². The number of hydrogen-bond donors (Lipinski definition) is 0. The first-order valence-electron chi connectivity index (χ1n) is 9.95. The quantitative estimate of drug-likeness (QED) is 0.532. The van der Waals surface area contributed by atoms with Gasteiger partial charge in [-0.25, -0.2) is 0 Å². The number of rotatable bonds is 6. The molecule has 0 N–H and O–H groups in total. The molecule has 0 aromatic heterocycles. The number of likely N-dealkylation sites (N-methyl/N-ethyl adjacent to an activating group) is 1. The van der Waals surface area contributed by atoms with Gasteiger partial charge in [-0.05, 0) is 48.9 Å². The van der Waals surface area contributed by atoms with Crippen LogP contribution in [0.25, 0.3) is 0 Å². The summed E-state index contributed by atoms with van der Waals surface area (Å²) in [6.07, 6.45) is 1.22. The molecular weight excluding hydrogens is 382 g/mol. The topological polar surface area (TPSA) is 21.7 Å². The molecular formula is C25H28ClNO2. The first-order chi connectivity index (χ1) is 13.8. The van der Waals surface area contributed by atoms with Gasteiger partial charge in [0.05, 0.1) is 0 Å². The van der Waals surface area contributed by atoms with Crippen molar-refractivity contribution in [2.45, 2.75) is 25.0 Å². The Morgan fingerprint density at radius 3 is 2.14 bits per heavy atom. The van der Waals surface area contributed by atoms with E-state index in [0.717, 1.165) is 31.0 Å². The zero-order valence-corrected chi connectivity index (χ0v) is 17.6. The minimum Gasteiger partial charge on any atom is -0.490 e. The van der Waals surface area contributed by atoms with Gasteiger partial charge in [-0.1, -0.05) is 60.7 Å². The first-order valence-corrected chi connectivity index (χ1v) is 9.95. The summed E-state index contributed by atoms with van der Waals surface area (Å²) in [4.78, 5) is 2.39. The minimum absolute atomic E-state index is 0. The molecule has 152 valence electrons. The fourth-order valence-corrected chi connectivity index (χ4v) is 3.78. The number of likely N-dealkylation sites (tertiary alicyclic amines) is 1. The normalized spacial score (nSPS) is 19.2. The van der Waals surface area contributed by atoms with Gasteiger partial charge in [-0.3, -0.25) is 0 Å². The molecule has 2 atom stereocenters. The third-order valence-corrected chi connectivity index (χ3v) is 5.34. The van der Waals surface area contributed by atoms with Crippen LogP contribution in [0.1, 0.15) is 23.5 Å². The zero-order valence-electron chi connectivity index (χ0n) is 16.7. The van der Waals surface area contributed by atoms with Gasteiger partial charge in [0, 0.05) is 19.0 Å².